The number of aromatic nitrogens is 1. The van der Waals surface area contributed by atoms with Gasteiger partial charge in [0.2, 0.25) is 0 Å². The Morgan fingerprint density at radius 1 is 1.33 bits per heavy atom. The van der Waals surface area contributed by atoms with Gasteiger partial charge in [0.1, 0.15) is 23.3 Å². The maximum atomic E-state index is 13.6. The number of hydrogen-bond donors (Lipinski definition) is 2. The standard InChI is InChI=1S/C12H12FN3.C2H6/c1-6(2)7-3-4-9(13)11-10(7)8(5-14)12(15)16-11;1-2/h3-4,6,16H,15H2,1-2H3;1-2H3. The molecule has 1 heterocycles. The molecule has 18 heavy (non-hydrogen) atoms. The Morgan fingerprint density at radius 2 is 1.94 bits per heavy atom. The van der Waals surface area contributed by atoms with E-state index in [1.807, 2.05) is 33.8 Å². The van der Waals surface area contributed by atoms with Crippen molar-refractivity contribution in [2.45, 2.75) is 33.6 Å². The van der Waals surface area contributed by atoms with Crippen molar-refractivity contribution in [3.05, 3.63) is 29.1 Å². The number of halogens is 1. The van der Waals surface area contributed by atoms with E-state index in [0.717, 1.165) is 5.56 Å². The van der Waals surface area contributed by atoms with Gasteiger partial charge >= 0.3 is 0 Å². The topological polar surface area (TPSA) is 65.6 Å². The van der Waals surface area contributed by atoms with Crippen molar-refractivity contribution < 1.29 is 4.39 Å². The van der Waals surface area contributed by atoms with E-state index in [1.165, 1.54) is 6.07 Å². The van der Waals surface area contributed by atoms with Crippen LogP contribution in [0.2, 0.25) is 0 Å². The fourth-order valence-corrected chi connectivity index (χ4v) is 1.91. The minimum absolute atomic E-state index is 0.213. The van der Waals surface area contributed by atoms with Crippen LogP contribution in [-0.2, 0) is 0 Å². The Balaban J connectivity index is 0.000000771. The summed E-state index contributed by atoms with van der Waals surface area (Å²) in [5.41, 5.74) is 7.24. The average Bonchev–Trinajstić information content (AvgIpc) is 2.69. The maximum Gasteiger partial charge on any atom is 0.147 e. The highest BCUT2D eigenvalue weighted by Gasteiger charge is 2.17. The first-order valence-corrected chi connectivity index (χ1v) is 6.06. The number of aromatic amines is 1. The fourth-order valence-electron chi connectivity index (χ4n) is 1.91. The molecule has 2 rings (SSSR count). The van der Waals surface area contributed by atoms with E-state index in [4.69, 9.17) is 11.0 Å². The number of fused-ring (bicyclic) bond motifs is 1. The highest BCUT2D eigenvalue weighted by molar-refractivity contribution is 5.94. The predicted molar refractivity (Wildman–Crippen MR) is 72.8 cm³/mol. The zero-order chi connectivity index (χ0) is 13.9. The second-order valence-corrected chi connectivity index (χ2v) is 4.07. The van der Waals surface area contributed by atoms with Crippen LogP contribution >= 0.6 is 0 Å². The third kappa shape index (κ3) is 2.17. The molecule has 3 nitrogen and oxygen atoms in total. The van der Waals surface area contributed by atoms with Crippen LogP contribution in [0.4, 0.5) is 10.2 Å². The van der Waals surface area contributed by atoms with E-state index in [2.05, 4.69) is 4.98 Å². The van der Waals surface area contributed by atoms with Crippen LogP contribution in [0.15, 0.2) is 12.1 Å². The lowest BCUT2D eigenvalue weighted by Crippen LogP contribution is -1.91. The Bertz CT molecular complexity index is 591. The summed E-state index contributed by atoms with van der Waals surface area (Å²) in [4.78, 5) is 2.72. The van der Waals surface area contributed by atoms with Gasteiger partial charge in [0.15, 0.2) is 0 Å². The predicted octanol–water partition coefficient (Wildman–Crippen LogP) is 3.91. The molecule has 0 radical (unpaired) electrons. The zero-order valence-corrected chi connectivity index (χ0v) is 11.1. The minimum Gasteiger partial charge on any atom is -0.384 e. The summed E-state index contributed by atoms with van der Waals surface area (Å²) in [6.45, 7) is 7.99. The van der Waals surface area contributed by atoms with Crippen molar-refractivity contribution in [3.63, 3.8) is 0 Å². The van der Waals surface area contributed by atoms with Gasteiger partial charge in [-0.25, -0.2) is 4.39 Å². The van der Waals surface area contributed by atoms with Crippen LogP contribution in [-0.4, -0.2) is 4.98 Å². The molecule has 3 N–H and O–H groups in total. The molecule has 1 aromatic carbocycles. The van der Waals surface area contributed by atoms with E-state index in [-0.39, 0.29) is 17.6 Å². The number of rotatable bonds is 1. The summed E-state index contributed by atoms with van der Waals surface area (Å²) in [6, 6.07) is 5.12. The van der Waals surface area contributed by atoms with Crippen molar-refractivity contribution in [1.29, 1.82) is 5.26 Å². The molecule has 96 valence electrons. The largest absolute Gasteiger partial charge is 0.384 e. The van der Waals surface area contributed by atoms with Gasteiger partial charge in [-0.3, -0.25) is 0 Å². The summed E-state index contributed by atoms with van der Waals surface area (Å²) in [5.74, 6) is 0.0579. The zero-order valence-electron chi connectivity index (χ0n) is 11.1. The molecule has 0 spiro atoms. The van der Waals surface area contributed by atoms with Crippen molar-refractivity contribution in [2.75, 3.05) is 5.73 Å². The van der Waals surface area contributed by atoms with E-state index in [1.54, 1.807) is 6.07 Å². The number of hydrogen-bond acceptors (Lipinski definition) is 2. The molecule has 0 saturated carbocycles. The maximum absolute atomic E-state index is 13.6. The third-order valence-electron chi connectivity index (χ3n) is 2.70. The molecule has 2 aromatic rings. The molecule has 0 aliphatic heterocycles. The van der Waals surface area contributed by atoms with Crippen molar-refractivity contribution in [1.82, 2.24) is 4.98 Å². The molecular formula is C14H18FN3. The van der Waals surface area contributed by atoms with Crippen molar-refractivity contribution >= 4 is 16.7 Å². The van der Waals surface area contributed by atoms with Gasteiger partial charge in [0.25, 0.3) is 0 Å². The molecule has 0 aliphatic rings. The molecular weight excluding hydrogens is 229 g/mol. The minimum atomic E-state index is -0.382. The second-order valence-electron chi connectivity index (χ2n) is 4.07. The SMILES string of the molecule is CC.CC(C)c1ccc(F)c2[nH]c(N)c(C#N)c12. The van der Waals surface area contributed by atoms with E-state index in [0.29, 0.717) is 16.5 Å². The Labute approximate surface area is 106 Å². The lowest BCUT2D eigenvalue weighted by Gasteiger charge is -2.07. The van der Waals surface area contributed by atoms with Gasteiger partial charge in [-0.15, -0.1) is 0 Å². The molecule has 0 fully saturated rings. The first-order valence-electron chi connectivity index (χ1n) is 6.06. The number of nitrogens with two attached hydrogens (primary N) is 1. The molecule has 1 aromatic heterocycles. The van der Waals surface area contributed by atoms with Gasteiger partial charge in [-0.1, -0.05) is 33.8 Å². The van der Waals surface area contributed by atoms with E-state index < -0.39 is 0 Å². The monoisotopic (exact) mass is 247 g/mol. The van der Waals surface area contributed by atoms with Crippen LogP contribution < -0.4 is 5.73 Å². The number of nitrogen functional groups attached to an aromatic ring is 1. The third-order valence-corrected chi connectivity index (χ3v) is 2.70. The lowest BCUT2D eigenvalue weighted by molar-refractivity contribution is 0.636. The molecule has 4 heteroatoms. The highest BCUT2D eigenvalue weighted by atomic mass is 19.1. The van der Waals surface area contributed by atoms with Crippen LogP contribution in [0.25, 0.3) is 10.9 Å². The molecule has 0 bridgehead atoms. The number of nitriles is 1. The number of nitrogens with zero attached hydrogens (tertiary/aromatic N) is 1. The van der Waals surface area contributed by atoms with Crippen LogP contribution in [0, 0.1) is 17.1 Å². The Hall–Kier alpha value is -2.02. The Kier molecular flexibility index (Phi) is 4.33. The normalized spacial score (nSPS) is 10.1. The number of benzene rings is 1. The average molecular weight is 247 g/mol. The molecule has 0 amide bonds. The quantitative estimate of drug-likeness (QED) is 0.802. The summed E-state index contributed by atoms with van der Waals surface area (Å²) in [5, 5.41) is 9.64. The Morgan fingerprint density at radius 3 is 2.44 bits per heavy atom. The summed E-state index contributed by atoms with van der Waals surface area (Å²) >= 11 is 0. The fraction of sp³-hybridized carbons (Fsp3) is 0.357. The van der Waals surface area contributed by atoms with Gasteiger partial charge in [0.05, 0.1) is 5.52 Å². The second kappa shape index (κ2) is 5.54. The number of anilines is 1. The van der Waals surface area contributed by atoms with Crippen LogP contribution in [0.3, 0.4) is 0 Å². The molecule has 0 atom stereocenters. The molecule has 0 unspecified atom stereocenters. The molecule has 0 aliphatic carbocycles. The van der Waals surface area contributed by atoms with Gasteiger partial charge in [0, 0.05) is 5.39 Å². The number of nitrogens with one attached hydrogen (secondary N) is 1. The first-order chi connectivity index (χ1) is 8.56. The summed E-state index contributed by atoms with van der Waals surface area (Å²) < 4.78 is 13.6. The van der Waals surface area contributed by atoms with Gasteiger partial charge in [-0.2, -0.15) is 5.26 Å². The van der Waals surface area contributed by atoms with E-state index >= 15 is 0 Å². The van der Waals surface area contributed by atoms with Gasteiger partial charge < -0.3 is 10.7 Å². The number of H-pyrrole nitrogens is 1. The van der Waals surface area contributed by atoms with Crippen LogP contribution in [0.5, 0.6) is 0 Å². The summed E-state index contributed by atoms with van der Waals surface area (Å²) in [6.07, 6.45) is 0. The highest BCUT2D eigenvalue weighted by Crippen LogP contribution is 2.32. The smallest absolute Gasteiger partial charge is 0.147 e. The van der Waals surface area contributed by atoms with Crippen molar-refractivity contribution in [2.24, 2.45) is 0 Å². The van der Waals surface area contributed by atoms with Gasteiger partial charge in [-0.05, 0) is 17.5 Å². The molecule has 0 saturated heterocycles. The summed E-state index contributed by atoms with van der Waals surface area (Å²) in [7, 11) is 0. The van der Waals surface area contributed by atoms with Crippen LogP contribution in [0.1, 0.15) is 44.7 Å². The van der Waals surface area contributed by atoms with E-state index in [9.17, 15) is 4.39 Å². The lowest BCUT2D eigenvalue weighted by atomic mass is 9.97. The van der Waals surface area contributed by atoms with Crippen molar-refractivity contribution in [3.8, 4) is 6.07 Å². The first kappa shape index (κ1) is 14.0.